The number of aryl methyl sites for hydroxylation is 1. The van der Waals surface area contributed by atoms with Crippen LogP contribution in [0.25, 0.3) is 0 Å². The summed E-state index contributed by atoms with van der Waals surface area (Å²) in [4.78, 5) is 30.4. The molecule has 0 bridgehead atoms. The summed E-state index contributed by atoms with van der Waals surface area (Å²) < 4.78 is 4.95. The van der Waals surface area contributed by atoms with Gasteiger partial charge in [-0.25, -0.2) is 9.78 Å². The molecule has 1 amide bonds. The summed E-state index contributed by atoms with van der Waals surface area (Å²) >= 11 is 1.38. The molecule has 0 atom stereocenters. The molecular weight excluding hydrogens is 336 g/mol. The number of hydrogen-bond acceptors (Lipinski definition) is 5. The van der Waals surface area contributed by atoms with Crippen LogP contribution >= 0.6 is 11.3 Å². The van der Waals surface area contributed by atoms with Gasteiger partial charge in [0.15, 0.2) is 5.69 Å². The minimum Gasteiger partial charge on any atom is -0.461 e. The summed E-state index contributed by atoms with van der Waals surface area (Å²) in [6, 6.07) is 10.0. The van der Waals surface area contributed by atoms with Gasteiger partial charge in [-0.05, 0) is 32.8 Å². The Balaban J connectivity index is 1.98. The van der Waals surface area contributed by atoms with E-state index in [1.807, 2.05) is 44.2 Å². The molecule has 0 fully saturated rings. The fourth-order valence-corrected chi connectivity index (χ4v) is 3.19. The largest absolute Gasteiger partial charge is 0.461 e. The predicted molar refractivity (Wildman–Crippen MR) is 98.5 cm³/mol. The topological polar surface area (TPSA) is 59.5 Å². The van der Waals surface area contributed by atoms with Crippen LogP contribution < -0.4 is 0 Å². The van der Waals surface area contributed by atoms with E-state index in [9.17, 15) is 9.59 Å². The summed E-state index contributed by atoms with van der Waals surface area (Å²) in [6.45, 7) is 6.47. The van der Waals surface area contributed by atoms with E-state index in [4.69, 9.17) is 4.74 Å². The SMILES string of the molecule is CCOC(=O)c1csc(CN(C(=O)CCc2ccccc2)C(C)C)n1. The molecule has 1 heterocycles. The van der Waals surface area contributed by atoms with Crippen molar-refractivity contribution >= 4 is 23.2 Å². The first-order valence-corrected chi connectivity index (χ1v) is 9.34. The van der Waals surface area contributed by atoms with Crippen LogP contribution in [0.4, 0.5) is 0 Å². The van der Waals surface area contributed by atoms with Gasteiger partial charge >= 0.3 is 5.97 Å². The summed E-state index contributed by atoms with van der Waals surface area (Å²) in [6.07, 6.45) is 1.17. The molecule has 0 aliphatic carbocycles. The fourth-order valence-electron chi connectivity index (χ4n) is 2.43. The van der Waals surface area contributed by atoms with Crippen LogP contribution in [0, 0.1) is 0 Å². The van der Waals surface area contributed by atoms with Crippen molar-refractivity contribution in [3.63, 3.8) is 0 Å². The second kappa shape index (κ2) is 9.32. The van der Waals surface area contributed by atoms with E-state index in [1.54, 1.807) is 17.2 Å². The van der Waals surface area contributed by atoms with E-state index in [0.717, 1.165) is 17.0 Å². The van der Waals surface area contributed by atoms with Gasteiger partial charge in [0.25, 0.3) is 0 Å². The first-order valence-electron chi connectivity index (χ1n) is 8.46. The number of aromatic nitrogens is 1. The molecule has 134 valence electrons. The Labute approximate surface area is 152 Å². The average Bonchev–Trinajstić information content (AvgIpc) is 3.07. The van der Waals surface area contributed by atoms with E-state index in [-0.39, 0.29) is 11.9 Å². The van der Waals surface area contributed by atoms with Crippen molar-refractivity contribution < 1.29 is 14.3 Å². The van der Waals surface area contributed by atoms with Crippen LogP contribution in [0.2, 0.25) is 0 Å². The molecule has 0 aliphatic rings. The Morgan fingerprint density at radius 3 is 2.60 bits per heavy atom. The number of ether oxygens (including phenoxy) is 1. The van der Waals surface area contributed by atoms with Crippen LogP contribution in [0.5, 0.6) is 0 Å². The van der Waals surface area contributed by atoms with E-state index in [1.165, 1.54) is 11.3 Å². The minimum absolute atomic E-state index is 0.0678. The maximum Gasteiger partial charge on any atom is 0.357 e. The standard InChI is InChI=1S/C19H24N2O3S/c1-4-24-19(23)16-13-25-17(20-16)12-21(14(2)3)18(22)11-10-15-8-6-5-7-9-15/h5-9,13-14H,4,10-12H2,1-3H3. The smallest absolute Gasteiger partial charge is 0.357 e. The zero-order chi connectivity index (χ0) is 18.2. The predicted octanol–water partition coefficient (Wildman–Crippen LogP) is 3.69. The van der Waals surface area contributed by atoms with Crippen LogP contribution in [0.15, 0.2) is 35.7 Å². The van der Waals surface area contributed by atoms with Gasteiger partial charge in [-0.15, -0.1) is 11.3 Å². The third-order valence-electron chi connectivity index (χ3n) is 3.76. The molecular formula is C19H24N2O3S. The van der Waals surface area contributed by atoms with Gasteiger partial charge in [-0.2, -0.15) is 0 Å². The van der Waals surface area contributed by atoms with Crippen LogP contribution in [0.3, 0.4) is 0 Å². The Bertz CT molecular complexity index is 698. The number of benzene rings is 1. The van der Waals surface area contributed by atoms with Gasteiger partial charge in [-0.3, -0.25) is 4.79 Å². The number of rotatable bonds is 8. The van der Waals surface area contributed by atoms with Gasteiger partial charge < -0.3 is 9.64 Å². The third kappa shape index (κ3) is 5.67. The molecule has 1 aromatic heterocycles. The molecule has 0 N–H and O–H groups in total. The molecule has 6 heteroatoms. The molecule has 0 radical (unpaired) electrons. The van der Waals surface area contributed by atoms with Gasteiger partial charge in [-0.1, -0.05) is 30.3 Å². The molecule has 2 aromatic rings. The molecule has 25 heavy (non-hydrogen) atoms. The lowest BCUT2D eigenvalue weighted by atomic mass is 10.1. The highest BCUT2D eigenvalue weighted by Crippen LogP contribution is 2.16. The molecule has 0 saturated heterocycles. The number of esters is 1. The van der Waals surface area contributed by atoms with Crippen molar-refractivity contribution in [1.82, 2.24) is 9.88 Å². The average molecular weight is 360 g/mol. The number of amides is 1. The zero-order valence-electron chi connectivity index (χ0n) is 14.9. The van der Waals surface area contributed by atoms with Crippen LogP contribution in [-0.4, -0.2) is 34.4 Å². The van der Waals surface area contributed by atoms with Gasteiger partial charge in [0.05, 0.1) is 13.2 Å². The maximum atomic E-state index is 12.6. The van der Waals surface area contributed by atoms with Crippen LogP contribution in [0.1, 0.15) is 48.3 Å². The third-order valence-corrected chi connectivity index (χ3v) is 4.59. The highest BCUT2D eigenvalue weighted by molar-refractivity contribution is 7.09. The number of thiazole rings is 1. The molecule has 1 aromatic carbocycles. The van der Waals surface area contributed by atoms with Gasteiger partial charge in [0.2, 0.25) is 5.91 Å². The summed E-state index contributed by atoms with van der Waals surface area (Å²) in [5.41, 5.74) is 1.46. The summed E-state index contributed by atoms with van der Waals surface area (Å²) in [5, 5.41) is 2.42. The van der Waals surface area contributed by atoms with Crippen molar-refractivity contribution in [2.24, 2.45) is 0 Å². The molecule has 0 saturated carbocycles. The fraction of sp³-hybridized carbons (Fsp3) is 0.421. The van der Waals surface area contributed by atoms with Gasteiger partial charge in [0.1, 0.15) is 5.01 Å². The number of hydrogen-bond donors (Lipinski definition) is 0. The molecule has 5 nitrogen and oxygen atoms in total. The van der Waals surface area contributed by atoms with E-state index < -0.39 is 5.97 Å². The summed E-state index contributed by atoms with van der Waals surface area (Å²) in [7, 11) is 0. The first-order chi connectivity index (χ1) is 12.0. The zero-order valence-corrected chi connectivity index (χ0v) is 15.7. The number of carbonyl (C=O) groups excluding carboxylic acids is 2. The van der Waals surface area contributed by atoms with Crippen molar-refractivity contribution in [2.45, 2.75) is 46.2 Å². The Hall–Kier alpha value is -2.21. The van der Waals surface area contributed by atoms with E-state index >= 15 is 0 Å². The lowest BCUT2D eigenvalue weighted by Gasteiger charge is -2.26. The molecule has 0 spiro atoms. The van der Waals surface area contributed by atoms with Crippen molar-refractivity contribution in [3.8, 4) is 0 Å². The number of carbonyl (C=O) groups is 2. The van der Waals surface area contributed by atoms with Crippen LogP contribution in [-0.2, 0) is 22.5 Å². The highest BCUT2D eigenvalue weighted by atomic mass is 32.1. The lowest BCUT2D eigenvalue weighted by molar-refractivity contribution is -0.133. The van der Waals surface area contributed by atoms with Crippen molar-refractivity contribution in [1.29, 1.82) is 0 Å². The maximum absolute atomic E-state index is 12.6. The van der Waals surface area contributed by atoms with Crippen molar-refractivity contribution in [2.75, 3.05) is 6.61 Å². The van der Waals surface area contributed by atoms with Crippen molar-refractivity contribution in [3.05, 3.63) is 52.0 Å². The quantitative estimate of drug-likeness (QED) is 0.674. The minimum atomic E-state index is -0.420. The van der Waals surface area contributed by atoms with E-state index in [2.05, 4.69) is 4.98 Å². The first kappa shape index (κ1) is 19.1. The highest BCUT2D eigenvalue weighted by Gasteiger charge is 2.20. The van der Waals surface area contributed by atoms with E-state index in [0.29, 0.717) is 25.3 Å². The second-order valence-corrected chi connectivity index (χ2v) is 6.89. The molecule has 0 unspecified atom stereocenters. The van der Waals surface area contributed by atoms with Gasteiger partial charge in [0, 0.05) is 17.8 Å². The Kier molecular flexibility index (Phi) is 7.13. The second-order valence-electron chi connectivity index (χ2n) is 5.95. The Morgan fingerprint density at radius 1 is 1.24 bits per heavy atom. The molecule has 0 aliphatic heterocycles. The molecule has 2 rings (SSSR count). The number of nitrogens with zero attached hydrogens (tertiary/aromatic N) is 2. The normalized spacial score (nSPS) is 10.7. The summed E-state index contributed by atoms with van der Waals surface area (Å²) in [5.74, 6) is -0.330. The lowest BCUT2D eigenvalue weighted by Crippen LogP contribution is -2.36. The monoisotopic (exact) mass is 360 g/mol. The Morgan fingerprint density at radius 2 is 1.96 bits per heavy atom.